The number of rotatable bonds is 8. The maximum atomic E-state index is 13.9. The number of amides is 1. The smallest absolute Gasteiger partial charge is 0.408 e. The molecule has 2 aromatic heterocycles. The molecule has 11 heteroatoms. The Kier molecular flexibility index (Phi) is 8.91. The maximum Gasteiger partial charge on any atom is 0.408 e. The van der Waals surface area contributed by atoms with Crippen LogP contribution >= 0.6 is 0 Å². The van der Waals surface area contributed by atoms with E-state index in [-0.39, 0.29) is 37.6 Å². The second-order valence-electron chi connectivity index (χ2n) is 11.7. The molecule has 1 amide bonds. The first kappa shape index (κ1) is 29.3. The predicted molar refractivity (Wildman–Crippen MR) is 141 cm³/mol. The van der Waals surface area contributed by atoms with Crippen LogP contribution in [0.5, 0.6) is 0 Å². The number of alkyl halides is 2. The quantitative estimate of drug-likeness (QED) is 0.325. The number of imidazole rings is 1. The Morgan fingerprint density at radius 3 is 2.54 bits per heavy atom. The van der Waals surface area contributed by atoms with Crippen LogP contribution in [-0.4, -0.2) is 41.5 Å². The van der Waals surface area contributed by atoms with E-state index in [1.165, 1.54) is 0 Å². The highest BCUT2D eigenvalue weighted by Gasteiger charge is 2.40. The van der Waals surface area contributed by atoms with Gasteiger partial charge in [-0.25, -0.2) is 23.1 Å². The molecule has 1 aliphatic carbocycles. The molecule has 1 fully saturated rings. The van der Waals surface area contributed by atoms with Crippen molar-refractivity contribution in [3.8, 4) is 0 Å². The van der Waals surface area contributed by atoms with Crippen LogP contribution in [0.4, 0.5) is 13.6 Å². The summed E-state index contributed by atoms with van der Waals surface area (Å²) in [5.41, 5.74) is 1.14. The molecule has 1 aliphatic rings. The van der Waals surface area contributed by atoms with Crippen molar-refractivity contribution in [2.45, 2.75) is 102 Å². The fourth-order valence-electron chi connectivity index (χ4n) is 4.24. The van der Waals surface area contributed by atoms with Gasteiger partial charge in [0.15, 0.2) is 5.65 Å². The molecule has 0 aliphatic heterocycles. The van der Waals surface area contributed by atoms with E-state index < -0.39 is 39.8 Å². The van der Waals surface area contributed by atoms with Crippen molar-refractivity contribution in [1.82, 2.24) is 24.6 Å². The lowest BCUT2D eigenvalue weighted by atomic mass is 9.81. The Labute approximate surface area is 220 Å². The molecule has 0 bridgehead atoms. The lowest BCUT2D eigenvalue weighted by Crippen LogP contribution is -2.41. The third kappa shape index (κ3) is 8.12. The van der Waals surface area contributed by atoms with Crippen molar-refractivity contribution >= 4 is 23.1 Å². The molecule has 0 spiro atoms. The number of carbonyl (C=O) groups is 1. The van der Waals surface area contributed by atoms with Crippen LogP contribution in [0.1, 0.15) is 97.0 Å². The van der Waals surface area contributed by atoms with Crippen LogP contribution in [0.2, 0.25) is 0 Å². The molecule has 1 saturated carbocycles. The van der Waals surface area contributed by atoms with Crippen molar-refractivity contribution < 1.29 is 22.9 Å². The fraction of sp³-hybridized carbons (Fsp3) is 0.654. The molecule has 0 radical (unpaired) electrons. The third-order valence-electron chi connectivity index (χ3n) is 6.19. The number of nitrogens with zero attached hydrogens (tertiary/aromatic N) is 3. The topological polar surface area (TPSA) is 104 Å². The van der Waals surface area contributed by atoms with E-state index in [0.29, 0.717) is 17.8 Å². The van der Waals surface area contributed by atoms with Gasteiger partial charge in [-0.1, -0.05) is 6.08 Å². The number of fused-ring (bicyclic) bond motifs is 1. The molecular weight excluding hydrogens is 500 g/mol. The van der Waals surface area contributed by atoms with E-state index in [2.05, 4.69) is 21.7 Å². The molecule has 3 atom stereocenters. The van der Waals surface area contributed by atoms with Gasteiger partial charge in [0, 0.05) is 24.2 Å². The Morgan fingerprint density at radius 2 is 1.97 bits per heavy atom. The second-order valence-corrected chi connectivity index (χ2v) is 13.6. The average molecular weight is 540 g/mol. The van der Waals surface area contributed by atoms with Gasteiger partial charge in [-0.05, 0) is 78.4 Å². The Hall–Kier alpha value is -2.24. The number of carbonyl (C=O) groups excluding carboxylic acids is 1. The first-order chi connectivity index (χ1) is 17.1. The summed E-state index contributed by atoms with van der Waals surface area (Å²) in [6, 6.07) is 0.954. The van der Waals surface area contributed by atoms with E-state index in [1.54, 1.807) is 43.8 Å². The zero-order valence-corrected chi connectivity index (χ0v) is 23.3. The Morgan fingerprint density at radius 1 is 1.32 bits per heavy atom. The number of halogens is 2. The van der Waals surface area contributed by atoms with E-state index in [0.717, 1.165) is 5.56 Å². The summed E-state index contributed by atoms with van der Waals surface area (Å²) >= 11 is -1.31. The summed E-state index contributed by atoms with van der Waals surface area (Å²) in [6.07, 6.45) is 5.08. The summed E-state index contributed by atoms with van der Waals surface area (Å²) in [4.78, 5) is 17.4. The summed E-state index contributed by atoms with van der Waals surface area (Å²) in [5.74, 6) is -2.91. The van der Waals surface area contributed by atoms with Gasteiger partial charge in [-0.2, -0.15) is 5.10 Å². The standard InChI is InChI=1S/C26H39F2N5O3S/c1-8-9-19(32-37(35)25(5,6)7)18-14-21-30-20(16-33(21)29-15-18)22(31-23(34)36-24(2,3)4)17-10-12-26(27,28)13-11-17/h8,14-17,19,22,32H,1,9-13H2,2-7H3,(H,31,34)/t19-,22+,37?/m1/s1. The van der Waals surface area contributed by atoms with Crippen LogP contribution in [0, 0.1) is 5.92 Å². The van der Waals surface area contributed by atoms with Crippen LogP contribution in [0.25, 0.3) is 5.65 Å². The first-order valence-electron chi connectivity index (χ1n) is 12.6. The van der Waals surface area contributed by atoms with Gasteiger partial charge in [0.05, 0.1) is 30.2 Å². The van der Waals surface area contributed by atoms with Gasteiger partial charge in [0.1, 0.15) is 10.3 Å². The summed E-state index contributed by atoms with van der Waals surface area (Å²) < 4.78 is 50.2. The molecule has 8 nitrogen and oxygen atoms in total. The molecule has 1 unspecified atom stereocenters. The number of alkyl carbamates (subject to hydrolysis) is 1. The van der Waals surface area contributed by atoms with Gasteiger partial charge < -0.3 is 14.6 Å². The highest BCUT2D eigenvalue weighted by molar-refractivity contribution is 7.90. The van der Waals surface area contributed by atoms with Crippen LogP contribution in [0.15, 0.2) is 31.1 Å². The average Bonchev–Trinajstić information content (AvgIpc) is 3.18. The monoisotopic (exact) mass is 539 g/mol. The lowest BCUT2D eigenvalue weighted by Gasteiger charge is -2.33. The Balaban J connectivity index is 1.91. The molecule has 0 aromatic carbocycles. The van der Waals surface area contributed by atoms with Crippen LogP contribution in [-0.2, 0) is 16.1 Å². The second kappa shape index (κ2) is 11.2. The lowest BCUT2D eigenvalue weighted by molar-refractivity contribution is -0.0500. The van der Waals surface area contributed by atoms with Gasteiger partial charge >= 0.3 is 6.09 Å². The molecule has 0 saturated heterocycles. The first-order valence-corrected chi connectivity index (χ1v) is 13.7. The van der Waals surface area contributed by atoms with E-state index in [4.69, 9.17) is 9.72 Å². The zero-order chi connectivity index (χ0) is 27.6. The van der Waals surface area contributed by atoms with Crippen LogP contribution in [0.3, 0.4) is 0 Å². The number of ether oxygens (including phenoxy) is 1. The molecular formula is C26H39F2N5O3S. The number of nitrogens with one attached hydrogen (secondary N) is 2. The minimum Gasteiger partial charge on any atom is -0.598 e. The maximum absolute atomic E-state index is 13.9. The molecule has 206 valence electrons. The number of hydrogen-bond acceptors (Lipinski definition) is 6. The fourth-order valence-corrected chi connectivity index (χ4v) is 5.08. The van der Waals surface area contributed by atoms with Crippen molar-refractivity contribution in [3.63, 3.8) is 0 Å². The highest BCUT2D eigenvalue weighted by atomic mass is 32.2. The van der Waals surface area contributed by atoms with Crippen molar-refractivity contribution in [1.29, 1.82) is 0 Å². The predicted octanol–water partition coefficient (Wildman–Crippen LogP) is 5.79. The normalized spacial score (nSPS) is 19.3. The van der Waals surface area contributed by atoms with Gasteiger partial charge in [0.2, 0.25) is 5.92 Å². The minimum atomic E-state index is -2.69. The van der Waals surface area contributed by atoms with E-state index in [9.17, 15) is 18.1 Å². The Bertz CT molecular complexity index is 1090. The van der Waals surface area contributed by atoms with Gasteiger partial charge in [0.25, 0.3) is 0 Å². The van der Waals surface area contributed by atoms with E-state index in [1.807, 2.05) is 26.8 Å². The summed E-state index contributed by atoms with van der Waals surface area (Å²) in [7, 11) is 0. The SMILES string of the molecule is C=CC[C@@H](N[S+]([O-])C(C)(C)C)c1cnn2cc([C@@H](NC(=O)OC(C)(C)C)C3CCC(F)(F)CC3)nc2c1. The number of aromatic nitrogens is 3. The van der Waals surface area contributed by atoms with Gasteiger partial charge in [-0.3, -0.25) is 0 Å². The summed E-state index contributed by atoms with van der Waals surface area (Å²) in [6.45, 7) is 14.8. The molecule has 2 N–H and O–H groups in total. The number of hydrogen-bond donors (Lipinski definition) is 2. The van der Waals surface area contributed by atoms with Crippen molar-refractivity contribution in [2.75, 3.05) is 0 Å². The molecule has 2 aromatic rings. The third-order valence-corrected chi connectivity index (χ3v) is 7.81. The molecule has 3 rings (SSSR count). The molecule has 37 heavy (non-hydrogen) atoms. The highest BCUT2D eigenvalue weighted by Crippen LogP contribution is 2.41. The van der Waals surface area contributed by atoms with Crippen molar-refractivity contribution in [3.05, 3.63) is 42.4 Å². The summed E-state index contributed by atoms with van der Waals surface area (Å²) in [5, 5.41) is 7.35. The van der Waals surface area contributed by atoms with Crippen LogP contribution < -0.4 is 10.0 Å². The van der Waals surface area contributed by atoms with Gasteiger partial charge in [-0.15, -0.1) is 11.3 Å². The largest absolute Gasteiger partial charge is 0.598 e. The van der Waals surface area contributed by atoms with E-state index >= 15 is 0 Å². The minimum absolute atomic E-state index is 0.221. The molecule has 2 heterocycles. The van der Waals surface area contributed by atoms with Crippen molar-refractivity contribution in [2.24, 2.45) is 5.92 Å². The zero-order valence-electron chi connectivity index (χ0n) is 22.5.